The van der Waals surface area contributed by atoms with Crippen molar-refractivity contribution in [1.29, 1.82) is 0 Å². The van der Waals surface area contributed by atoms with E-state index in [0.29, 0.717) is 12.2 Å². The summed E-state index contributed by atoms with van der Waals surface area (Å²) in [6.07, 6.45) is 0.197. The first-order chi connectivity index (χ1) is 9.83. The maximum Gasteiger partial charge on any atom is 0.333 e. The number of carbonyl (C=O) groups is 2. The fourth-order valence-electron chi connectivity index (χ4n) is 1.71. The van der Waals surface area contributed by atoms with Gasteiger partial charge in [0.1, 0.15) is 5.60 Å². The molecule has 0 saturated carbocycles. The van der Waals surface area contributed by atoms with Gasteiger partial charge in [-0.1, -0.05) is 30.3 Å². The number of esters is 1. The third-order valence-corrected chi connectivity index (χ3v) is 2.61. The SMILES string of the molecule is COCCC(=O)N[C@H](C(=O)OC(C)(C)C)c1ccccc1. The van der Waals surface area contributed by atoms with Gasteiger partial charge in [-0.2, -0.15) is 0 Å². The first-order valence-electron chi connectivity index (χ1n) is 6.89. The Labute approximate surface area is 125 Å². The van der Waals surface area contributed by atoms with Crippen LogP contribution in [0.4, 0.5) is 0 Å². The topological polar surface area (TPSA) is 64.6 Å². The Morgan fingerprint density at radius 1 is 1.19 bits per heavy atom. The molecule has 0 aliphatic heterocycles. The summed E-state index contributed by atoms with van der Waals surface area (Å²) in [5, 5.41) is 2.70. The van der Waals surface area contributed by atoms with Gasteiger partial charge in [0.05, 0.1) is 6.61 Å². The van der Waals surface area contributed by atoms with E-state index < -0.39 is 17.6 Å². The monoisotopic (exact) mass is 293 g/mol. The molecule has 1 aromatic rings. The van der Waals surface area contributed by atoms with Crippen molar-refractivity contribution in [2.45, 2.75) is 38.8 Å². The van der Waals surface area contributed by atoms with E-state index >= 15 is 0 Å². The first-order valence-corrected chi connectivity index (χ1v) is 6.89. The smallest absolute Gasteiger partial charge is 0.333 e. The molecule has 0 bridgehead atoms. The minimum Gasteiger partial charge on any atom is -0.458 e. The molecule has 0 saturated heterocycles. The maximum absolute atomic E-state index is 12.3. The summed E-state index contributed by atoms with van der Waals surface area (Å²) in [7, 11) is 1.52. The number of benzene rings is 1. The van der Waals surface area contributed by atoms with E-state index in [0.717, 1.165) is 0 Å². The number of amides is 1. The van der Waals surface area contributed by atoms with Crippen LogP contribution < -0.4 is 5.32 Å². The van der Waals surface area contributed by atoms with Gasteiger partial charge >= 0.3 is 5.97 Å². The lowest BCUT2D eigenvalue weighted by molar-refractivity contribution is -0.159. The summed E-state index contributed by atoms with van der Waals surface area (Å²) in [4.78, 5) is 24.2. The van der Waals surface area contributed by atoms with E-state index in [1.165, 1.54) is 7.11 Å². The van der Waals surface area contributed by atoms with Crippen LogP contribution in [0.15, 0.2) is 30.3 Å². The highest BCUT2D eigenvalue weighted by molar-refractivity contribution is 5.85. The zero-order valence-corrected chi connectivity index (χ0v) is 13.0. The third kappa shape index (κ3) is 6.40. The van der Waals surface area contributed by atoms with Crippen molar-refractivity contribution in [1.82, 2.24) is 5.32 Å². The van der Waals surface area contributed by atoms with E-state index in [-0.39, 0.29) is 12.3 Å². The minimum absolute atomic E-state index is 0.197. The minimum atomic E-state index is -0.810. The van der Waals surface area contributed by atoms with Gasteiger partial charge in [0, 0.05) is 13.5 Å². The van der Waals surface area contributed by atoms with Gasteiger partial charge in [0.15, 0.2) is 6.04 Å². The number of hydrogen-bond donors (Lipinski definition) is 1. The van der Waals surface area contributed by atoms with Crippen LogP contribution in [0.5, 0.6) is 0 Å². The summed E-state index contributed by atoms with van der Waals surface area (Å²) in [5.41, 5.74) is 0.0824. The summed E-state index contributed by atoms with van der Waals surface area (Å²) < 4.78 is 10.2. The molecule has 1 rings (SSSR count). The van der Waals surface area contributed by atoms with E-state index in [9.17, 15) is 9.59 Å². The Morgan fingerprint density at radius 3 is 2.33 bits per heavy atom. The molecule has 0 radical (unpaired) electrons. The van der Waals surface area contributed by atoms with Crippen molar-refractivity contribution < 1.29 is 19.1 Å². The van der Waals surface area contributed by atoms with Crippen LogP contribution in [0.2, 0.25) is 0 Å². The Balaban J connectivity index is 2.85. The molecule has 1 atom stereocenters. The van der Waals surface area contributed by atoms with Crippen LogP contribution in [0, 0.1) is 0 Å². The van der Waals surface area contributed by atoms with Crippen molar-refractivity contribution in [2.24, 2.45) is 0 Å². The molecular weight excluding hydrogens is 270 g/mol. The molecule has 5 nitrogen and oxygen atoms in total. The summed E-state index contributed by atoms with van der Waals surface area (Å²) in [5.74, 6) is -0.726. The van der Waals surface area contributed by atoms with Crippen LogP contribution in [0.3, 0.4) is 0 Å². The van der Waals surface area contributed by atoms with E-state index in [4.69, 9.17) is 9.47 Å². The fraction of sp³-hybridized carbons (Fsp3) is 0.500. The van der Waals surface area contributed by atoms with E-state index in [2.05, 4.69) is 5.32 Å². The molecule has 0 heterocycles. The third-order valence-electron chi connectivity index (χ3n) is 2.61. The second-order valence-electron chi connectivity index (χ2n) is 5.69. The van der Waals surface area contributed by atoms with Crippen LogP contribution in [0.1, 0.15) is 38.8 Å². The second-order valence-corrected chi connectivity index (χ2v) is 5.69. The Morgan fingerprint density at radius 2 is 1.81 bits per heavy atom. The van der Waals surface area contributed by atoms with Gasteiger partial charge in [0.2, 0.25) is 5.91 Å². The van der Waals surface area contributed by atoms with Gasteiger partial charge < -0.3 is 14.8 Å². The quantitative estimate of drug-likeness (QED) is 0.817. The summed E-state index contributed by atoms with van der Waals surface area (Å²) in [6, 6.07) is 8.23. The second kappa shape index (κ2) is 7.78. The molecular formula is C16H23NO4. The van der Waals surface area contributed by atoms with Gasteiger partial charge in [-0.15, -0.1) is 0 Å². The number of methoxy groups -OCH3 is 1. The fourth-order valence-corrected chi connectivity index (χ4v) is 1.71. The zero-order chi connectivity index (χ0) is 15.9. The molecule has 1 aromatic carbocycles. The van der Waals surface area contributed by atoms with Crippen molar-refractivity contribution in [2.75, 3.05) is 13.7 Å². The molecule has 1 N–H and O–H groups in total. The standard InChI is InChI=1S/C16H23NO4/c1-16(2,3)21-15(19)14(12-8-6-5-7-9-12)17-13(18)10-11-20-4/h5-9,14H,10-11H2,1-4H3,(H,17,18)/t14-/m0/s1. The Bertz CT molecular complexity index is 465. The molecule has 116 valence electrons. The largest absolute Gasteiger partial charge is 0.458 e. The van der Waals surface area contributed by atoms with E-state index in [1.54, 1.807) is 32.9 Å². The van der Waals surface area contributed by atoms with Crippen molar-refractivity contribution in [3.63, 3.8) is 0 Å². The van der Waals surface area contributed by atoms with Crippen LogP contribution in [0.25, 0.3) is 0 Å². The number of carbonyl (C=O) groups excluding carboxylic acids is 2. The molecule has 5 heteroatoms. The van der Waals surface area contributed by atoms with Crippen LogP contribution in [-0.2, 0) is 19.1 Å². The lowest BCUT2D eigenvalue weighted by atomic mass is 10.1. The number of ether oxygens (including phenoxy) is 2. The van der Waals surface area contributed by atoms with Gasteiger partial charge in [0.25, 0.3) is 0 Å². The number of rotatable bonds is 6. The van der Waals surface area contributed by atoms with E-state index in [1.807, 2.05) is 18.2 Å². The lowest BCUT2D eigenvalue weighted by Gasteiger charge is -2.24. The Kier molecular flexibility index (Phi) is 6.37. The summed E-state index contributed by atoms with van der Waals surface area (Å²) in [6.45, 7) is 5.68. The molecule has 0 aromatic heterocycles. The van der Waals surface area contributed by atoms with Crippen molar-refractivity contribution >= 4 is 11.9 Å². The summed E-state index contributed by atoms with van der Waals surface area (Å²) >= 11 is 0. The predicted octanol–water partition coefficient (Wildman–Crippen LogP) is 2.22. The van der Waals surface area contributed by atoms with Gasteiger partial charge in [-0.25, -0.2) is 4.79 Å². The van der Waals surface area contributed by atoms with Crippen LogP contribution in [-0.4, -0.2) is 31.2 Å². The normalized spacial score (nSPS) is 12.6. The molecule has 0 aliphatic carbocycles. The van der Waals surface area contributed by atoms with Crippen molar-refractivity contribution in [3.05, 3.63) is 35.9 Å². The van der Waals surface area contributed by atoms with Crippen molar-refractivity contribution in [3.8, 4) is 0 Å². The van der Waals surface area contributed by atoms with Gasteiger partial charge in [-0.3, -0.25) is 4.79 Å². The van der Waals surface area contributed by atoms with Gasteiger partial charge in [-0.05, 0) is 26.3 Å². The molecule has 0 fully saturated rings. The molecule has 0 aliphatic rings. The zero-order valence-electron chi connectivity index (χ0n) is 13.0. The maximum atomic E-state index is 12.3. The predicted molar refractivity (Wildman–Crippen MR) is 79.7 cm³/mol. The Hall–Kier alpha value is -1.88. The molecule has 0 unspecified atom stereocenters. The highest BCUT2D eigenvalue weighted by atomic mass is 16.6. The highest BCUT2D eigenvalue weighted by Crippen LogP contribution is 2.18. The molecule has 21 heavy (non-hydrogen) atoms. The average molecular weight is 293 g/mol. The molecule has 0 spiro atoms. The first kappa shape index (κ1) is 17.2. The highest BCUT2D eigenvalue weighted by Gasteiger charge is 2.27. The molecule has 1 amide bonds. The van der Waals surface area contributed by atoms with Crippen LogP contribution >= 0.6 is 0 Å². The number of nitrogens with one attached hydrogen (secondary N) is 1. The lowest BCUT2D eigenvalue weighted by Crippen LogP contribution is -2.38. The average Bonchev–Trinajstić information content (AvgIpc) is 2.41. The number of hydrogen-bond acceptors (Lipinski definition) is 4.